The monoisotopic (exact) mass is 480 g/mol. The molecule has 1 N–H and O–H groups in total. The maximum Gasteiger partial charge on any atom is 0.242 e. The van der Waals surface area contributed by atoms with E-state index in [9.17, 15) is 9.59 Å². The largest absolute Gasteiger partial charge is 0.352 e. The molecule has 4 nitrogen and oxygen atoms in total. The predicted molar refractivity (Wildman–Crippen MR) is 132 cm³/mol. The molecule has 0 aromatic heterocycles. The summed E-state index contributed by atoms with van der Waals surface area (Å²) in [5.74, 6) is 0.784. The molecule has 0 aliphatic carbocycles. The molecule has 0 radical (unpaired) electrons. The van der Waals surface area contributed by atoms with Crippen molar-refractivity contribution < 1.29 is 9.59 Å². The van der Waals surface area contributed by atoms with Gasteiger partial charge in [-0.05, 0) is 56.0 Å². The Morgan fingerprint density at radius 1 is 1.10 bits per heavy atom. The van der Waals surface area contributed by atoms with E-state index in [0.29, 0.717) is 10.0 Å². The Bertz CT molecular complexity index is 907. The van der Waals surface area contributed by atoms with Gasteiger partial charge in [0.05, 0.1) is 15.8 Å². The van der Waals surface area contributed by atoms with Crippen LogP contribution < -0.4 is 5.32 Å². The molecular formula is C24H30Cl2N2O2S. The molecular weight excluding hydrogens is 451 g/mol. The van der Waals surface area contributed by atoms with Crippen molar-refractivity contribution in [1.29, 1.82) is 0 Å². The number of nitrogens with zero attached hydrogens (tertiary/aromatic N) is 1. The van der Waals surface area contributed by atoms with Crippen molar-refractivity contribution in [3.8, 4) is 0 Å². The Morgan fingerprint density at radius 2 is 1.81 bits per heavy atom. The van der Waals surface area contributed by atoms with E-state index in [1.165, 1.54) is 11.1 Å². The molecule has 2 amide bonds. The van der Waals surface area contributed by atoms with Crippen molar-refractivity contribution >= 4 is 46.8 Å². The van der Waals surface area contributed by atoms with Gasteiger partial charge in [-0.25, -0.2) is 0 Å². The molecule has 31 heavy (non-hydrogen) atoms. The SMILES string of the molecule is CC[C@H](C)NC(=O)[C@H](C)N(Cc1ccc(Cl)c(Cl)c1)C(=O)CSCc1ccccc1C. The third-order valence-electron chi connectivity index (χ3n) is 5.25. The molecule has 2 aromatic rings. The smallest absolute Gasteiger partial charge is 0.242 e. The molecule has 0 bridgehead atoms. The zero-order valence-corrected chi connectivity index (χ0v) is 20.8. The first kappa shape index (κ1) is 25.6. The zero-order chi connectivity index (χ0) is 23.0. The number of carbonyl (C=O) groups excluding carboxylic acids is 2. The second kappa shape index (κ2) is 12.4. The Labute approximate surface area is 199 Å². The van der Waals surface area contributed by atoms with Gasteiger partial charge in [0.25, 0.3) is 0 Å². The van der Waals surface area contributed by atoms with Crippen molar-refractivity contribution in [3.05, 3.63) is 69.2 Å². The van der Waals surface area contributed by atoms with Crippen LogP contribution in [0.3, 0.4) is 0 Å². The highest BCUT2D eigenvalue weighted by Crippen LogP contribution is 2.24. The van der Waals surface area contributed by atoms with Crippen molar-refractivity contribution in [2.24, 2.45) is 0 Å². The number of thioether (sulfide) groups is 1. The lowest BCUT2D eigenvalue weighted by Crippen LogP contribution is -2.50. The van der Waals surface area contributed by atoms with Crippen molar-refractivity contribution in [2.75, 3.05) is 5.75 Å². The van der Waals surface area contributed by atoms with E-state index >= 15 is 0 Å². The Morgan fingerprint density at radius 3 is 2.45 bits per heavy atom. The van der Waals surface area contributed by atoms with Gasteiger partial charge in [-0.3, -0.25) is 9.59 Å². The molecule has 0 aliphatic heterocycles. The lowest BCUT2D eigenvalue weighted by atomic mass is 10.1. The maximum atomic E-state index is 13.1. The van der Waals surface area contributed by atoms with E-state index in [1.54, 1.807) is 35.7 Å². The van der Waals surface area contributed by atoms with Crippen LogP contribution in [0.1, 0.15) is 43.9 Å². The average Bonchev–Trinajstić information content (AvgIpc) is 2.75. The van der Waals surface area contributed by atoms with Gasteiger partial charge in [0.2, 0.25) is 11.8 Å². The van der Waals surface area contributed by atoms with Gasteiger partial charge in [-0.15, -0.1) is 11.8 Å². The van der Waals surface area contributed by atoms with Crippen LogP contribution in [-0.2, 0) is 21.9 Å². The van der Waals surface area contributed by atoms with Gasteiger partial charge in [0.15, 0.2) is 0 Å². The summed E-state index contributed by atoms with van der Waals surface area (Å²) < 4.78 is 0. The lowest BCUT2D eigenvalue weighted by molar-refractivity contribution is -0.138. The number of amides is 2. The van der Waals surface area contributed by atoms with Crippen LogP contribution in [0.4, 0.5) is 0 Å². The minimum atomic E-state index is -0.602. The summed E-state index contributed by atoms with van der Waals surface area (Å²) in [6.45, 7) is 8.08. The molecule has 0 unspecified atom stereocenters. The van der Waals surface area contributed by atoms with Crippen molar-refractivity contribution in [1.82, 2.24) is 10.2 Å². The van der Waals surface area contributed by atoms with Gasteiger partial charge < -0.3 is 10.2 Å². The summed E-state index contributed by atoms with van der Waals surface area (Å²) in [5, 5.41) is 3.86. The molecule has 0 heterocycles. The zero-order valence-electron chi connectivity index (χ0n) is 18.5. The molecule has 7 heteroatoms. The normalized spacial score (nSPS) is 12.8. The van der Waals surface area contributed by atoms with Crippen molar-refractivity contribution in [3.63, 3.8) is 0 Å². The number of halogens is 2. The van der Waals surface area contributed by atoms with Crippen LogP contribution in [0.15, 0.2) is 42.5 Å². The number of rotatable bonds is 10. The summed E-state index contributed by atoms with van der Waals surface area (Å²) in [7, 11) is 0. The molecule has 168 valence electrons. The first-order valence-electron chi connectivity index (χ1n) is 10.4. The van der Waals surface area contributed by atoms with Gasteiger partial charge in [-0.2, -0.15) is 0 Å². The predicted octanol–water partition coefficient (Wildman–Crippen LogP) is 5.87. The number of benzene rings is 2. The third kappa shape index (κ3) is 7.74. The fourth-order valence-electron chi connectivity index (χ4n) is 2.99. The first-order valence-corrected chi connectivity index (χ1v) is 12.3. The van der Waals surface area contributed by atoms with Gasteiger partial charge in [0.1, 0.15) is 6.04 Å². The molecule has 2 atom stereocenters. The summed E-state index contributed by atoms with van der Waals surface area (Å²) in [6.07, 6.45) is 0.825. The quantitative estimate of drug-likeness (QED) is 0.462. The Kier molecular flexibility index (Phi) is 10.2. The first-order chi connectivity index (χ1) is 14.7. The maximum absolute atomic E-state index is 13.1. The molecule has 2 rings (SSSR count). The summed E-state index contributed by atoms with van der Waals surface area (Å²) >= 11 is 13.7. The standard InChI is InChI=1S/C24H30Cl2N2O2S/c1-5-17(3)27-24(30)18(4)28(13-19-10-11-21(25)22(26)12-19)23(29)15-31-14-20-9-7-6-8-16(20)2/h6-12,17-18H,5,13-15H2,1-4H3,(H,27,30)/t17-,18-/m0/s1. The van der Waals surface area contributed by atoms with E-state index in [4.69, 9.17) is 23.2 Å². The van der Waals surface area contributed by atoms with Crippen LogP contribution in [0, 0.1) is 6.92 Å². The second-order valence-corrected chi connectivity index (χ2v) is 9.48. The number of hydrogen-bond donors (Lipinski definition) is 1. The van der Waals surface area contributed by atoms with Crippen LogP contribution >= 0.6 is 35.0 Å². The van der Waals surface area contributed by atoms with Gasteiger partial charge in [-0.1, -0.05) is 60.5 Å². The second-order valence-electron chi connectivity index (χ2n) is 7.68. The molecule has 0 aliphatic rings. The van der Waals surface area contributed by atoms with Crippen LogP contribution in [0.5, 0.6) is 0 Å². The molecule has 0 spiro atoms. The number of aryl methyl sites for hydroxylation is 1. The number of carbonyl (C=O) groups is 2. The molecule has 2 aromatic carbocycles. The van der Waals surface area contributed by atoms with Crippen LogP contribution in [0.2, 0.25) is 10.0 Å². The van der Waals surface area contributed by atoms with E-state index in [1.807, 2.05) is 32.0 Å². The van der Waals surface area contributed by atoms with Crippen LogP contribution in [-0.4, -0.2) is 34.6 Å². The van der Waals surface area contributed by atoms with E-state index < -0.39 is 6.04 Å². The van der Waals surface area contributed by atoms with Crippen molar-refractivity contribution in [2.45, 2.75) is 58.5 Å². The Hall–Kier alpha value is -1.69. The van der Waals surface area contributed by atoms with E-state index in [0.717, 1.165) is 17.7 Å². The highest BCUT2D eigenvalue weighted by atomic mass is 35.5. The van der Waals surface area contributed by atoms with E-state index in [-0.39, 0.29) is 30.2 Å². The minimum Gasteiger partial charge on any atom is -0.352 e. The lowest BCUT2D eigenvalue weighted by Gasteiger charge is -2.29. The topological polar surface area (TPSA) is 49.4 Å². The molecule has 0 fully saturated rings. The highest BCUT2D eigenvalue weighted by molar-refractivity contribution is 7.99. The summed E-state index contributed by atoms with van der Waals surface area (Å²) in [4.78, 5) is 27.5. The third-order valence-corrected chi connectivity index (χ3v) is 6.95. The van der Waals surface area contributed by atoms with Gasteiger partial charge >= 0.3 is 0 Å². The minimum absolute atomic E-state index is 0.0484. The van der Waals surface area contributed by atoms with E-state index in [2.05, 4.69) is 24.4 Å². The van der Waals surface area contributed by atoms with Crippen LogP contribution in [0.25, 0.3) is 0 Å². The number of nitrogens with one attached hydrogen (secondary N) is 1. The fraction of sp³-hybridized carbons (Fsp3) is 0.417. The van der Waals surface area contributed by atoms with Gasteiger partial charge in [0, 0.05) is 18.3 Å². The molecule has 0 saturated heterocycles. The molecule has 0 saturated carbocycles. The number of hydrogen-bond acceptors (Lipinski definition) is 3. The fourth-order valence-corrected chi connectivity index (χ4v) is 4.29. The highest BCUT2D eigenvalue weighted by Gasteiger charge is 2.26. The average molecular weight is 481 g/mol. The Balaban J connectivity index is 2.12. The summed E-state index contributed by atoms with van der Waals surface area (Å²) in [6, 6.07) is 12.9. The summed E-state index contributed by atoms with van der Waals surface area (Å²) in [5.41, 5.74) is 3.24.